The standard InChI is InChI=1S/C21H22ClNO5S/c1-3-27-19-10-5-15(13-20(19)28-4-2)21(24)23(17-8-6-16(22)7-9-17)18-11-12-29(25,26)14-18/h5-13,18H,3-4,14H2,1-2H3/t18-/m1/s1. The first kappa shape index (κ1) is 21.2. The molecule has 29 heavy (non-hydrogen) atoms. The number of hydrogen-bond acceptors (Lipinski definition) is 5. The molecule has 0 bridgehead atoms. The number of carbonyl (C=O) groups is 1. The number of ether oxygens (including phenoxy) is 2. The topological polar surface area (TPSA) is 72.9 Å². The van der Waals surface area contributed by atoms with Crippen molar-refractivity contribution in [3.63, 3.8) is 0 Å². The average Bonchev–Trinajstić information content (AvgIpc) is 3.04. The lowest BCUT2D eigenvalue weighted by Crippen LogP contribution is -2.41. The number of anilines is 1. The summed E-state index contributed by atoms with van der Waals surface area (Å²) in [6.07, 6.45) is 1.53. The summed E-state index contributed by atoms with van der Waals surface area (Å²) >= 11 is 5.98. The maximum atomic E-state index is 13.4. The summed E-state index contributed by atoms with van der Waals surface area (Å²) < 4.78 is 35.1. The van der Waals surface area contributed by atoms with E-state index in [9.17, 15) is 13.2 Å². The Morgan fingerprint density at radius 3 is 2.31 bits per heavy atom. The van der Waals surface area contributed by atoms with Gasteiger partial charge >= 0.3 is 0 Å². The van der Waals surface area contributed by atoms with Crippen LogP contribution in [0.25, 0.3) is 0 Å². The van der Waals surface area contributed by atoms with Gasteiger partial charge in [0.25, 0.3) is 5.91 Å². The first-order valence-corrected chi connectivity index (χ1v) is 11.3. The molecule has 1 aliphatic heterocycles. The van der Waals surface area contributed by atoms with E-state index in [0.717, 1.165) is 5.41 Å². The van der Waals surface area contributed by atoms with E-state index in [1.807, 2.05) is 13.8 Å². The van der Waals surface area contributed by atoms with Crippen LogP contribution >= 0.6 is 11.6 Å². The maximum Gasteiger partial charge on any atom is 0.258 e. The van der Waals surface area contributed by atoms with Crippen LogP contribution in [-0.2, 0) is 9.84 Å². The van der Waals surface area contributed by atoms with Crippen LogP contribution in [0, 0.1) is 0 Å². The molecule has 2 aromatic rings. The molecule has 6 nitrogen and oxygen atoms in total. The molecule has 0 aromatic heterocycles. The third kappa shape index (κ3) is 4.92. The van der Waals surface area contributed by atoms with Gasteiger partial charge in [-0.25, -0.2) is 8.42 Å². The summed E-state index contributed by atoms with van der Waals surface area (Å²) in [5.41, 5.74) is 0.919. The Kier molecular flexibility index (Phi) is 6.49. The number of amides is 1. The minimum Gasteiger partial charge on any atom is -0.490 e. The molecule has 0 N–H and O–H groups in total. The zero-order valence-corrected chi connectivity index (χ0v) is 17.7. The van der Waals surface area contributed by atoms with E-state index in [4.69, 9.17) is 21.1 Å². The van der Waals surface area contributed by atoms with E-state index in [0.29, 0.717) is 41.0 Å². The van der Waals surface area contributed by atoms with Gasteiger partial charge in [0.1, 0.15) is 0 Å². The fraction of sp³-hybridized carbons (Fsp3) is 0.286. The largest absolute Gasteiger partial charge is 0.490 e. The van der Waals surface area contributed by atoms with Crippen molar-refractivity contribution in [3.8, 4) is 11.5 Å². The second-order valence-electron chi connectivity index (χ2n) is 6.40. The number of carbonyl (C=O) groups excluding carboxylic acids is 1. The van der Waals surface area contributed by atoms with Crippen molar-refractivity contribution >= 4 is 33.0 Å². The Bertz CT molecular complexity index is 1020. The molecule has 3 rings (SSSR count). The first-order chi connectivity index (χ1) is 13.8. The van der Waals surface area contributed by atoms with Crippen LogP contribution in [0.1, 0.15) is 24.2 Å². The highest BCUT2D eigenvalue weighted by Gasteiger charge is 2.32. The zero-order chi connectivity index (χ0) is 21.0. The lowest BCUT2D eigenvalue weighted by Gasteiger charge is -2.28. The Labute approximate surface area is 175 Å². The van der Waals surface area contributed by atoms with Crippen molar-refractivity contribution in [2.75, 3.05) is 23.9 Å². The molecule has 0 unspecified atom stereocenters. The van der Waals surface area contributed by atoms with Gasteiger partial charge in [-0.3, -0.25) is 4.79 Å². The van der Waals surface area contributed by atoms with E-state index in [1.165, 1.54) is 11.0 Å². The van der Waals surface area contributed by atoms with Gasteiger partial charge in [-0.1, -0.05) is 11.6 Å². The van der Waals surface area contributed by atoms with Crippen LogP contribution in [0.2, 0.25) is 5.02 Å². The summed E-state index contributed by atoms with van der Waals surface area (Å²) in [6.45, 7) is 4.60. The molecule has 0 spiro atoms. The second-order valence-corrected chi connectivity index (χ2v) is 8.77. The number of halogens is 1. The highest BCUT2D eigenvalue weighted by atomic mass is 35.5. The summed E-state index contributed by atoms with van der Waals surface area (Å²) in [5.74, 6) is 0.498. The molecular weight excluding hydrogens is 414 g/mol. The van der Waals surface area contributed by atoms with E-state index in [-0.39, 0.29) is 11.7 Å². The molecule has 2 aromatic carbocycles. The molecule has 1 aliphatic rings. The van der Waals surface area contributed by atoms with Gasteiger partial charge in [0.05, 0.1) is 25.0 Å². The van der Waals surface area contributed by atoms with Crippen LogP contribution in [0.3, 0.4) is 0 Å². The monoisotopic (exact) mass is 435 g/mol. The summed E-state index contributed by atoms with van der Waals surface area (Å²) in [4.78, 5) is 14.9. The molecule has 154 valence electrons. The lowest BCUT2D eigenvalue weighted by molar-refractivity contribution is 0.0982. The Morgan fingerprint density at radius 1 is 1.07 bits per heavy atom. The Hall–Kier alpha value is -2.51. The van der Waals surface area contributed by atoms with E-state index < -0.39 is 15.9 Å². The molecule has 1 atom stereocenters. The number of hydrogen-bond donors (Lipinski definition) is 0. The zero-order valence-electron chi connectivity index (χ0n) is 16.2. The van der Waals surface area contributed by atoms with Gasteiger partial charge in [-0.05, 0) is 62.4 Å². The normalized spacial score (nSPS) is 17.1. The smallest absolute Gasteiger partial charge is 0.258 e. The second kappa shape index (κ2) is 8.88. The molecule has 0 saturated carbocycles. The summed E-state index contributed by atoms with van der Waals surface area (Å²) in [7, 11) is -3.35. The van der Waals surface area contributed by atoms with Crippen molar-refractivity contribution in [1.82, 2.24) is 0 Å². The van der Waals surface area contributed by atoms with E-state index >= 15 is 0 Å². The minimum absolute atomic E-state index is 0.170. The molecule has 8 heteroatoms. The molecule has 0 saturated heterocycles. The molecular formula is C21H22ClNO5S. The van der Waals surface area contributed by atoms with Crippen LogP contribution in [0.5, 0.6) is 11.5 Å². The van der Waals surface area contributed by atoms with Crippen LogP contribution in [0.15, 0.2) is 53.9 Å². The fourth-order valence-corrected chi connectivity index (χ4v) is 4.50. The number of sulfone groups is 1. The van der Waals surface area contributed by atoms with Crippen molar-refractivity contribution < 1.29 is 22.7 Å². The molecule has 0 radical (unpaired) electrons. The van der Waals surface area contributed by atoms with Gasteiger partial charge in [-0.2, -0.15) is 0 Å². The third-order valence-electron chi connectivity index (χ3n) is 4.36. The van der Waals surface area contributed by atoms with Crippen molar-refractivity contribution in [1.29, 1.82) is 0 Å². The highest BCUT2D eigenvalue weighted by Crippen LogP contribution is 2.31. The predicted octanol–water partition coefficient (Wildman–Crippen LogP) is 4.09. The fourth-order valence-electron chi connectivity index (χ4n) is 3.10. The van der Waals surface area contributed by atoms with Crippen LogP contribution < -0.4 is 14.4 Å². The Morgan fingerprint density at radius 2 is 1.72 bits per heavy atom. The van der Waals surface area contributed by atoms with Gasteiger partial charge in [0.15, 0.2) is 21.3 Å². The summed E-state index contributed by atoms with van der Waals surface area (Å²) in [6, 6.07) is 11.0. The van der Waals surface area contributed by atoms with E-state index in [1.54, 1.807) is 42.5 Å². The van der Waals surface area contributed by atoms with Crippen molar-refractivity contribution in [3.05, 3.63) is 64.5 Å². The minimum atomic E-state index is -3.35. The van der Waals surface area contributed by atoms with Gasteiger partial charge in [0.2, 0.25) is 0 Å². The summed E-state index contributed by atoms with van der Waals surface area (Å²) in [5, 5.41) is 1.67. The van der Waals surface area contributed by atoms with Gasteiger partial charge in [-0.15, -0.1) is 0 Å². The van der Waals surface area contributed by atoms with Crippen molar-refractivity contribution in [2.45, 2.75) is 19.9 Å². The third-order valence-corrected chi connectivity index (χ3v) is 5.99. The Balaban J connectivity index is 2.01. The number of nitrogens with zero attached hydrogens (tertiary/aromatic N) is 1. The van der Waals surface area contributed by atoms with Gasteiger partial charge in [0, 0.05) is 21.7 Å². The average molecular weight is 436 g/mol. The van der Waals surface area contributed by atoms with E-state index in [2.05, 4.69) is 0 Å². The predicted molar refractivity (Wildman–Crippen MR) is 114 cm³/mol. The number of benzene rings is 2. The lowest BCUT2D eigenvalue weighted by atomic mass is 10.1. The SMILES string of the molecule is CCOc1ccc(C(=O)N(c2ccc(Cl)cc2)[C@@H]2C=CS(=O)(=O)C2)cc1OCC. The molecule has 1 amide bonds. The van der Waals surface area contributed by atoms with Crippen LogP contribution in [0.4, 0.5) is 5.69 Å². The first-order valence-electron chi connectivity index (χ1n) is 9.24. The molecule has 1 heterocycles. The van der Waals surface area contributed by atoms with Crippen LogP contribution in [-0.4, -0.2) is 39.3 Å². The van der Waals surface area contributed by atoms with Crippen molar-refractivity contribution in [2.24, 2.45) is 0 Å². The molecule has 0 aliphatic carbocycles. The van der Waals surface area contributed by atoms with Gasteiger partial charge < -0.3 is 14.4 Å². The highest BCUT2D eigenvalue weighted by molar-refractivity contribution is 7.94. The maximum absolute atomic E-state index is 13.4. The molecule has 0 fully saturated rings. The number of rotatable bonds is 7. The quantitative estimate of drug-likeness (QED) is 0.654.